The fourth-order valence-electron chi connectivity index (χ4n) is 1.92. The van der Waals surface area contributed by atoms with E-state index in [0.29, 0.717) is 5.69 Å². The molecule has 5 heteroatoms. The number of rotatable bonds is 2. The van der Waals surface area contributed by atoms with Crippen molar-refractivity contribution in [1.29, 1.82) is 0 Å². The quantitative estimate of drug-likeness (QED) is 0.775. The lowest BCUT2D eigenvalue weighted by atomic mass is 10.2. The van der Waals surface area contributed by atoms with Crippen LogP contribution < -0.4 is 5.32 Å². The highest BCUT2D eigenvalue weighted by Gasteiger charge is 2.27. The second kappa shape index (κ2) is 4.23. The number of hydrogen-bond donors (Lipinski definition) is 1. The zero-order chi connectivity index (χ0) is 10.8. The molecule has 1 aromatic heterocycles. The average molecular weight is 228 g/mol. The molecule has 1 amide bonds. The third-order valence-electron chi connectivity index (χ3n) is 2.80. The van der Waals surface area contributed by atoms with Gasteiger partial charge in [0.15, 0.2) is 0 Å². The van der Waals surface area contributed by atoms with Gasteiger partial charge in [0.25, 0.3) is 5.91 Å². The van der Waals surface area contributed by atoms with Crippen molar-refractivity contribution < 1.29 is 4.79 Å². The van der Waals surface area contributed by atoms with Crippen molar-refractivity contribution in [2.45, 2.75) is 30.7 Å². The average Bonchev–Trinajstić information content (AvgIpc) is 2.76. The number of halogens is 1. The molecule has 1 fully saturated rings. The fourth-order valence-corrected chi connectivity index (χ4v) is 2.26. The zero-order valence-corrected chi connectivity index (χ0v) is 9.37. The van der Waals surface area contributed by atoms with Gasteiger partial charge in [0.05, 0.1) is 5.38 Å². The first kappa shape index (κ1) is 10.5. The van der Waals surface area contributed by atoms with Gasteiger partial charge in [-0.25, -0.2) is 0 Å². The molecule has 2 unspecified atom stereocenters. The maximum atomic E-state index is 11.8. The molecule has 0 bridgehead atoms. The van der Waals surface area contributed by atoms with Crippen molar-refractivity contribution in [2.75, 3.05) is 0 Å². The molecule has 1 aromatic rings. The van der Waals surface area contributed by atoms with E-state index < -0.39 is 0 Å². The van der Waals surface area contributed by atoms with E-state index in [0.717, 1.165) is 19.3 Å². The van der Waals surface area contributed by atoms with Crippen molar-refractivity contribution in [3.63, 3.8) is 0 Å². The molecule has 1 aliphatic rings. The van der Waals surface area contributed by atoms with Crippen LogP contribution in [0, 0.1) is 0 Å². The van der Waals surface area contributed by atoms with E-state index in [-0.39, 0.29) is 17.3 Å². The molecule has 1 aliphatic carbocycles. The van der Waals surface area contributed by atoms with Gasteiger partial charge in [-0.05, 0) is 25.3 Å². The normalized spacial score (nSPS) is 25.5. The third kappa shape index (κ3) is 2.15. The van der Waals surface area contributed by atoms with Gasteiger partial charge in [-0.1, -0.05) is 0 Å². The first-order valence-corrected chi connectivity index (χ1v) is 5.55. The maximum Gasteiger partial charge on any atom is 0.269 e. The van der Waals surface area contributed by atoms with Crippen LogP contribution >= 0.6 is 11.6 Å². The number of hydrogen-bond acceptors (Lipinski definition) is 2. The lowest BCUT2D eigenvalue weighted by molar-refractivity contribution is 0.0929. The summed E-state index contributed by atoms with van der Waals surface area (Å²) in [6.07, 6.45) is 4.65. The molecule has 82 valence electrons. The summed E-state index contributed by atoms with van der Waals surface area (Å²) >= 11 is 6.09. The molecule has 2 atom stereocenters. The molecule has 4 nitrogen and oxygen atoms in total. The van der Waals surface area contributed by atoms with E-state index >= 15 is 0 Å². The van der Waals surface area contributed by atoms with Gasteiger partial charge in [0.1, 0.15) is 5.69 Å². The summed E-state index contributed by atoms with van der Waals surface area (Å²) in [6, 6.07) is 1.81. The van der Waals surface area contributed by atoms with Gasteiger partial charge in [0.2, 0.25) is 0 Å². The van der Waals surface area contributed by atoms with E-state index in [2.05, 4.69) is 10.4 Å². The molecule has 0 saturated heterocycles. The Kier molecular flexibility index (Phi) is 2.95. The highest BCUT2D eigenvalue weighted by molar-refractivity contribution is 6.21. The van der Waals surface area contributed by atoms with E-state index in [1.54, 1.807) is 24.0 Å². The van der Waals surface area contributed by atoms with Crippen LogP contribution in [0.2, 0.25) is 0 Å². The molecular formula is C10H14ClN3O. The van der Waals surface area contributed by atoms with E-state index in [9.17, 15) is 4.79 Å². The Bertz CT molecular complexity index is 363. The summed E-state index contributed by atoms with van der Waals surface area (Å²) in [7, 11) is 1.75. The summed E-state index contributed by atoms with van der Waals surface area (Å²) in [6.45, 7) is 0. The third-order valence-corrected chi connectivity index (χ3v) is 3.32. The minimum absolute atomic E-state index is 0.0715. The lowest BCUT2D eigenvalue weighted by Crippen LogP contribution is -2.38. The number of carbonyl (C=O) groups excluding carboxylic acids is 1. The number of amides is 1. The number of aromatic nitrogens is 2. The number of aryl methyl sites for hydroxylation is 1. The smallest absolute Gasteiger partial charge is 0.269 e. The molecule has 1 saturated carbocycles. The second-order valence-electron chi connectivity index (χ2n) is 3.87. The Labute approximate surface area is 93.6 Å². The zero-order valence-electron chi connectivity index (χ0n) is 8.61. The minimum Gasteiger partial charge on any atom is -0.346 e. The number of carbonyl (C=O) groups is 1. The summed E-state index contributed by atoms with van der Waals surface area (Å²) in [5, 5.41) is 6.97. The van der Waals surface area contributed by atoms with Crippen molar-refractivity contribution >= 4 is 17.5 Å². The molecule has 0 spiro atoms. The number of nitrogens with zero attached hydrogens (tertiary/aromatic N) is 2. The van der Waals surface area contributed by atoms with Crippen LogP contribution in [0.5, 0.6) is 0 Å². The van der Waals surface area contributed by atoms with Crippen LogP contribution in [0.1, 0.15) is 29.8 Å². The van der Waals surface area contributed by atoms with Gasteiger partial charge in [-0.2, -0.15) is 5.10 Å². The Hall–Kier alpha value is -1.03. The van der Waals surface area contributed by atoms with Gasteiger partial charge >= 0.3 is 0 Å². The van der Waals surface area contributed by atoms with E-state index in [1.165, 1.54) is 0 Å². The number of alkyl halides is 1. The Morgan fingerprint density at radius 3 is 3.00 bits per heavy atom. The van der Waals surface area contributed by atoms with Crippen LogP contribution in [-0.2, 0) is 7.05 Å². The van der Waals surface area contributed by atoms with Crippen LogP contribution in [0.15, 0.2) is 12.3 Å². The van der Waals surface area contributed by atoms with Crippen molar-refractivity contribution in [3.05, 3.63) is 18.0 Å². The number of nitrogens with one attached hydrogen (secondary N) is 1. The summed E-state index contributed by atoms with van der Waals surface area (Å²) in [5.41, 5.74) is 0.575. The van der Waals surface area contributed by atoms with E-state index in [1.807, 2.05) is 0 Å². The molecule has 2 rings (SSSR count). The lowest BCUT2D eigenvalue weighted by Gasteiger charge is -2.15. The van der Waals surface area contributed by atoms with Crippen molar-refractivity contribution in [3.8, 4) is 0 Å². The summed E-state index contributed by atoms with van der Waals surface area (Å²) in [5.74, 6) is -0.0902. The molecule has 1 heterocycles. The van der Waals surface area contributed by atoms with Crippen molar-refractivity contribution in [1.82, 2.24) is 15.1 Å². The highest BCUT2D eigenvalue weighted by atomic mass is 35.5. The fraction of sp³-hybridized carbons (Fsp3) is 0.600. The van der Waals surface area contributed by atoms with Gasteiger partial charge in [-0.15, -0.1) is 11.6 Å². The largest absolute Gasteiger partial charge is 0.346 e. The van der Waals surface area contributed by atoms with Crippen LogP contribution in [-0.4, -0.2) is 27.1 Å². The summed E-state index contributed by atoms with van der Waals surface area (Å²) in [4.78, 5) is 11.8. The maximum absolute atomic E-state index is 11.8. The molecule has 0 aromatic carbocycles. The van der Waals surface area contributed by atoms with Crippen molar-refractivity contribution in [2.24, 2.45) is 7.05 Å². The minimum atomic E-state index is -0.0902. The van der Waals surface area contributed by atoms with Crippen LogP contribution in [0.25, 0.3) is 0 Å². The first-order chi connectivity index (χ1) is 7.18. The van der Waals surface area contributed by atoms with Gasteiger partial charge < -0.3 is 5.32 Å². The molecule has 0 radical (unpaired) electrons. The molecule has 1 N–H and O–H groups in total. The van der Waals surface area contributed by atoms with Gasteiger partial charge in [0, 0.05) is 19.3 Å². The molecular weight excluding hydrogens is 214 g/mol. The van der Waals surface area contributed by atoms with Crippen LogP contribution in [0.4, 0.5) is 0 Å². The highest BCUT2D eigenvalue weighted by Crippen LogP contribution is 2.24. The summed E-state index contributed by atoms with van der Waals surface area (Å²) < 4.78 is 1.56. The second-order valence-corrected chi connectivity index (χ2v) is 4.43. The Morgan fingerprint density at radius 2 is 2.47 bits per heavy atom. The first-order valence-electron chi connectivity index (χ1n) is 5.11. The topological polar surface area (TPSA) is 46.9 Å². The SMILES string of the molecule is Cn1nccc1C(=O)NC1CCCC1Cl. The Balaban J connectivity index is 2.01. The predicted molar refractivity (Wildman–Crippen MR) is 58.0 cm³/mol. The van der Waals surface area contributed by atoms with E-state index in [4.69, 9.17) is 11.6 Å². The Morgan fingerprint density at radius 1 is 1.67 bits per heavy atom. The molecule has 0 aliphatic heterocycles. The molecule has 15 heavy (non-hydrogen) atoms. The standard InChI is InChI=1S/C10H14ClN3O/c1-14-9(5-6-12-14)10(15)13-8-4-2-3-7(8)11/h5-8H,2-4H2,1H3,(H,13,15). The van der Waals surface area contributed by atoms with Crippen LogP contribution in [0.3, 0.4) is 0 Å². The van der Waals surface area contributed by atoms with Gasteiger partial charge in [-0.3, -0.25) is 9.48 Å². The predicted octanol–water partition coefficient (Wildman–Crippen LogP) is 1.31. The monoisotopic (exact) mass is 227 g/mol.